The molecule has 2 N–H and O–H groups in total. The number of halogens is 1. The van der Waals surface area contributed by atoms with Crippen molar-refractivity contribution in [2.75, 3.05) is 52.9 Å². The molecule has 7 heteroatoms. The third kappa shape index (κ3) is 8.57. The van der Waals surface area contributed by atoms with Gasteiger partial charge in [-0.1, -0.05) is 6.92 Å². The van der Waals surface area contributed by atoms with Crippen LogP contribution in [-0.4, -0.2) is 74.5 Å². The maximum Gasteiger partial charge on any atom is 0.241 e. The predicted molar refractivity (Wildman–Crippen MR) is 115 cm³/mol. The molecule has 2 rings (SSSR count). The molecule has 0 aromatic carbocycles. The lowest BCUT2D eigenvalue weighted by atomic mass is 9.99. The minimum absolute atomic E-state index is 0. The number of hydrogen-bond donors (Lipinski definition) is 2. The van der Waals surface area contributed by atoms with E-state index in [2.05, 4.69) is 27.4 Å². The van der Waals surface area contributed by atoms with E-state index in [-0.39, 0.29) is 29.9 Å². The Morgan fingerprint density at radius 3 is 2.40 bits per heavy atom. The fourth-order valence-electron chi connectivity index (χ4n) is 3.43. The van der Waals surface area contributed by atoms with Crippen molar-refractivity contribution in [3.05, 3.63) is 0 Å². The summed E-state index contributed by atoms with van der Waals surface area (Å²) in [6.07, 6.45) is 7.28. The molecule has 1 amide bonds. The van der Waals surface area contributed by atoms with Gasteiger partial charge in [0.25, 0.3) is 0 Å². The topological polar surface area (TPSA) is 60.0 Å². The first-order valence-corrected chi connectivity index (χ1v) is 9.63. The molecule has 0 aromatic heterocycles. The number of carbonyl (C=O) groups is 1. The Kier molecular flexibility index (Phi) is 11.4. The van der Waals surface area contributed by atoms with Crippen molar-refractivity contribution in [1.29, 1.82) is 0 Å². The molecule has 2 saturated heterocycles. The predicted octanol–water partition coefficient (Wildman–Crippen LogP) is 1.90. The summed E-state index contributed by atoms with van der Waals surface area (Å²) in [6, 6.07) is 0. The van der Waals surface area contributed by atoms with Crippen LogP contribution in [0.3, 0.4) is 0 Å². The quantitative estimate of drug-likeness (QED) is 0.272. The maximum absolute atomic E-state index is 12.2. The molecule has 2 aliphatic rings. The normalized spacial score (nSPS) is 20.1. The molecular weight excluding hydrogens is 429 g/mol. The van der Waals surface area contributed by atoms with E-state index < -0.39 is 0 Å². The molecule has 2 fully saturated rings. The number of guanidine groups is 1. The zero-order valence-electron chi connectivity index (χ0n) is 15.9. The van der Waals surface area contributed by atoms with Crippen molar-refractivity contribution in [1.82, 2.24) is 20.4 Å². The van der Waals surface area contributed by atoms with Gasteiger partial charge in [0.1, 0.15) is 0 Å². The Bertz CT molecular complexity index is 404. The Balaban J connectivity index is 0.00000312. The molecule has 0 aromatic rings. The standard InChI is InChI=1S/C18H35N5O.HI/c1-16-7-13-22(14-8-16)10-6-9-20-18(19-2)21-15-17(24)23-11-4-3-5-12-23;/h16H,3-15H2,1-2H3,(H2,19,20,21);1H. The van der Waals surface area contributed by atoms with Crippen LogP contribution in [0.1, 0.15) is 45.4 Å². The number of nitrogens with zero attached hydrogens (tertiary/aromatic N) is 3. The van der Waals surface area contributed by atoms with Crippen molar-refractivity contribution in [3.63, 3.8) is 0 Å². The zero-order valence-corrected chi connectivity index (χ0v) is 18.3. The highest BCUT2D eigenvalue weighted by Crippen LogP contribution is 2.15. The largest absolute Gasteiger partial charge is 0.356 e. The molecule has 0 saturated carbocycles. The summed E-state index contributed by atoms with van der Waals surface area (Å²) < 4.78 is 0. The van der Waals surface area contributed by atoms with Gasteiger partial charge in [-0.3, -0.25) is 9.79 Å². The van der Waals surface area contributed by atoms with Gasteiger partial charge < -0.3 is 20.4 Å². The van der Waals surface area contributed by atoms with Crippen LogP contribution in [0.15, 0.2) is 4.99 Å². The second kappa shape index (κ2) is 12.7. The molecule has 0 spiro atoms. The van der Waals surface area contributed by atoms with E-state index in [4.69, 9.17) is 0 Å². The molecule has 0 radical (unpaired) electrons. The summed E-state index contributed by atoms with van der Waals surface area (Å²) >= 11 is 0. The van der Waals surface area contributed by atoms with Gasteiger partial charge in [-0.2, -0.15) is 0 Å². The van der Waals surface area contributed by atoms with Gasteiger partial charge in [0.2, 0.25) is 5.91 Å². The van der Waals surface area contributed by atoms with E-state index in [1.807, 2.05) is 4.90 Å². The van der Waals surface area contributed by atoms with Crippen LogP contribution in [0.2, 0.25) is 0 Å². The number of aliphatic imine (C=N–C) groups is 1. The lowest BCUT2D eigenvalue weighted by Crippen LogP contribution is -2.46. The summed E-state index contributed by atoms with van der Waals surface area (Å²) in [5, 5.41) is 6.46. The van der Waals surface area contributed by atoms with Gasteiger partial charge in [-0.25, -0.2) is 0 Å². The molecule has 6 nitrogen and oxygen atoms in total. The molecule has 0 bridgehead atoms. The fourth-order valence-corrected chi connectivity index (χ4v) is 3.43. The van der Waals surface area contributed by atoms with Crippen LogP contribution < -0.4 is 10.6 Å². The number of rotatable bonds is 6. The van der Waals surface area contributed by atoms with Crippen LogP contribution in [0.4, 0.5) is 0 Å². The average Bonchev–Trinajstić information content (AvgIpc) is 2.63. The van der Waals surface area contributed by atoms with Crippen LogP contribution in [0, 0.1) is 5.92 Å². The summed E-state index contributed by atoms with van der Waals surface area (Å²) in [6.45, 7) is 9.00. The number of carbonyl (C=O) groups excluding carboxylic acids is 1. The molecule has 2 aliphatic heterocycles. The maximum atomic E-state index is 12.2. The zero-order chi connectivity index (χ0) is 17.2. The van der Waals surface area contributed by atoms with Crippen molar-refractivity contribution in [2.45, 2.75) is 45.4 Å². The van der Waals surface area contributed by atoms with E-state index in [9.17, 15) is 4.79 Å². The first kappa shape index (κ1) is 22.5. The van der Waals surface area contributed by atoms with Crippen LogP contribution in [-0.2, 0) is 4.79 Å². The Hall–Kier alpha value is -0.570. The van der Waals surface area contributed by atoms with E-state index in [0.29, 0.717) is 6.54 Å². The van der Waals surface area contributed by atoms with Gasteiger partial charge in [0.15, 0.2) is 5.96 Å². The monoisotopic (exact) mass is 465 g/mol. The number of nitrogens with one attached hydrogen (secondary N) is 2. The van der Waals surface area contributed by atoms with Crippen LogP contribution >= 0.6 is 24.0 Å². The second-order valence-electron chi connectivity index (χ2n) is 7.17. The average molecular weight is 465 g/mol. The van der Waals surface area contributed by atoms with Gasteiger partial charge in [-0.05, 0) is 64.1 Å². The van der Waals surface area contributed by atoms with Crippen LogP contribution in [0.5, 0.6) is 0 Å². The van der Waals surface area contributed by atoms with E-state index >= 15 is 0 Å². The van der Waals surface area contributed by atoms with E-state index in [1.54, 1.807) is 7.05 Å². The molecule has 25 heavy (non-hydrogen) atoms. The number of amides is 1. The number of likely N-dealkylation sites (tertiary alicyclic amines) is 2. The molecule has 0 unspecified atom stereocenters. The lowest BCUT2D eigenvalue weighted by molar-refractivity contribution is -0.130. The number of piperidine rings is 2. The highest BCUT2D eigenvalue weighted by atomic mass is 127. The Labute approximate surface area is 170 Å². The smallest absolute Gasteiger partial charge is 0.241 e. The Morgan fingerprint density at radius 2 is 1.76 bits per heavy atom. The summed E-state index contributed by atoms with van der Waals surface area (Å²) in [7, 11) is 1.76. The van der Waals surface area contributed by atoms with Gasteiger partial charge >= 0.3 is 0 Å². The van der Waals surface area contributed by atoms with Gasteiger partial charge in [-0.15, -0.1) is 24.0 Å². The highest BCUT2D eigenvalue weighted by molar-refractivity contribution is 14.0. The first-order chi connectivity index (χ1) is 11.7. The van der Waals surface area contributed by atoms with Crippen molar-refractivity contribution in [2.24, 2.45) is 10.9 Å². The number of hydrogen-bond acceptors (Lipinski definition) is 3. The SMILES string of the molecule is CN=C(NCCCN1CCC(C)CC1)NCC(=O)N1CCCCC1.I. The minimum Gasteiger partial charge on any atom is -0.356 e. The summed E-state index contributed by atoms with van der Waals surface area (Å²) in [5.41, 5.74) is 0. The minimum atomic E-state index is 0. The van der Waals surface area contributed by atoms with Gasteiger partial charge in [0.05, 0.1) is 6.54 Å². The molecule has 2 heterocycles. The fraction of sp³-hybridized carbons (Fsp3) is 0.889. The van der Waals surface area contributed by atoms with Crippen molar-refractivity contribution >= 4 is 35.8 Å². The van der Waals surface area contributed by atoms with E-state index in [0.717, 1.165) is 57.3 Å². The third-order valence-corrected chi connectivity index (χ3v) is 5.16. The third-order valence-electron chi connectivity index (χ3n) is 5.16. The summed E-state index contributed by atoms with van der Waals surface area (Å²) in [4.78, 5) is 20.9. The van der Waals surface area contributed by atoms with Crippen molar-refractivity contribution in [3.8, 4) is 0 Å². The molecular formula is C18H36IN5O. The van der Waals surface area contributed by atoms with E-state index in [1.165, 1.54) is 32.4 Å². The Morgan fingerprint density at radius 1 is 1.08 bits per heavy atom. The first-order valence-electron chi connectivity index (χ1n) is 9.63. The lowest BCUT2D eigenvalue weighted by Gasteiger charge is -2.30. The molecule has 146 valence electrons. The van der Waals surface area contributed by atoms with Crippen LogP contribution in [0.25, 0.3) is 0 Å². The van der Waals surface area contributed by atoms with Gasteiger partial charge in [0, 0.05) is 26.7 Å². The highest BCUT2D eigenvalue weighted by Gasteiger charge is 2.17. The molecule has 0 aliphatic carbocycles. The molecule has 0 atom stereocenters. The summed E-state index contributed by atoms with van der Waals surface area (Å²) in [5.74, 6) is 1.80. The second-order valence-corrected chi connectivity index (χ2v) is 7.17. The van der Waals surface area contributed by atoms with Crippen molar-refractivity contribution < 1.29 is 4.79 Å².